The van der Waals surface area contributed by atoms with Crippen LogP contribution in [-0.2, 0) is 11.2 Å². The normalized spacial score (nSPS) is 11.5. The summed E-state index contributed by atoms with van der Waals surface area (Å²) in [6.07, 6.45) is -0.0658. The first kappa shape index (κ1) is 13.3. The van der Waals surface area contributed by atoms with Crippen LogP contribution in [0.5, 0.6) is 0 Å². The molecule has 19 heavy (non-hydrogen) atoms. The Morgan fingerprint density at radius 1 is 1.32 bits per heavy atom. The van der Waals surface area contributed by atoms with Gasteiger partial charge in [0.25, 0.3) is 0 Å². The van der Waals surface area contributed by atoms with Crippen LogP contribution in [0, 0.1) is 0 Å². The fourth-order valence-electron chi connectivity index (χ4n) is 1.98. The number of fused-ring (bicyclic) bond motifs is 1. The molecule has 1 heterocycles. The Bertz CT molecular complexity index is 615. The zero-order valence-electron chi connectivity index (χ0n) is 11.4. The van der Waals surface area contributed by atoms with Gasteiger partial charge in [0.05, 0.1) is 17.6 Å². The van der Waals surface area contributed by atoms with E-state index in [4.69, 9.17) is 5.11 Å². The maximum atomic E-state index is 10.8. The molecule has 0 aliphatic rings. The molecule has 0 bridgehead atoms. The fraction of sp³-hybridized carbons (Fsp3) is 0.333. The first-order valence-corrected chi connectivity index (χ1v) is 6.24. The van der Waals surface area contributed by atoms with Gasteiger partial charge in [0.2, 0.25) is 0 Å². The smallest absolute Gasteiger partial charge is 0.309 e. The highest BCUT2D eigenvalue weighted by Crippen LogP contribution is 2.26. The molecule has 0 radical (unpaired) electrons. The fourth-order valence-corrected chi connectivity index (χ4v) is 1.98. The van der Waals surface area contributed by atoms with Crippen molar-refractivity contribution < 1.29 is 9.90 Å². The molecular formula is C15H18N2O2. The van der Waals surface area contributed by atoms with Crippen molar-refractivity contribution in [2.24, 2.45) is 0 Å². The number of aromatic nitrogens is 1. The number of rotatable bonds is 3. The molecule has 2 rings (SSSR count). The summed E-state index contributed by atoms with van der Waals surface area (Å²) in [5.74, 6) is -0.871. The van der Waals surface area contributed by atoms with Crippen LogP contribution in [0.15, 0.2) is 30.3 Å². The van der Waals surface area contributed by atoms with E-state index < -0.39 is 5.97 Å². The number of para-hydroxylation sites is 1. The SMILES string of the molecule is CC(C)(C)Nc1cc(CC(=O)O)nc2ccccc12. The minimum atomic E-state index is -0.871. The Balaban J connectivity index is 2.54. The summed E-state index contributed by atoms with van der Waals surface area (Å²) < 4.78 is 0. The Labute approximate surface area is 112 Å². The van der Waals surface area contributed by atoms with Crippen molar-refractivity contribution in [3.05, 3.63) is 36.0 Å². The Kier molecular flexibility index (Phi) is 3.42. The van der Waals surface area contributed by atoms with Crippen molar-refractivity contribution >= 4 is 22.6 Å². The molecule has 0 fully saturated rings. The van der Waals surface area contributed by atoms with E-state index in [9.17, 15) is 4.79 Å². The zero-order chi connectivity index (χ0) is 14.0. The lowest BCUT2D eigenvalue weighted by atomic mass is 10.1. The standard InChI is InChI=1S/C15H18N2O2/c1-15(2,3)17-13-8-10(9-14(18)19)16-12-7-5-4-6-11(12)13/h4-8H,9H2,1-3H3,(H,16,17)(H,18,19). The summed E-state index contributed by atoms with van der Waals surface area (Å²) in [6, 6.07) is 9.56. The van der Waals surface area contributed by atoms with Gasteiger partial charge in [-0.25, -0.2) is 0 Å². The van der Waals surface area contributed by atoms with Gasteiger partial charge >= 0.3 is 5.97 Å². The highest BCUT2D eigenvalue weighted by Gasteiger charge is 2.14. The second-order valence-corrected chi connectivity index (χ2v) is 5.62. The molecule has 0 aliphatic heterocycles. The van der Waals surface area contributed by atoms with Crippen molar-refractivity contribution in [1.29, 1.82) is 0 Å². The maximum Gasteiger partial charge on any atom is 0.309 e. The largest absolute Gasteiger partial charge is 0.481 e. The van der Waals surface area contributed by atoms with Crippen LogP contribution >= 0.6 is 0 Å². The van der Waals surface area contributed by atoms with E-state index in [0.717, 1.165) is 16.6 Å². The molecule has 4 heteroatoms. The summed E-state index contributed by atoms with van der Waals surface area (Å²) >= 11 is 0. The minimum Gasteiger partial charge on any atom is -0.481 e. The van der Waals surface area contributed by atoms with Gasteiger partial charge in [-0.3, -0.25) is 9.78 Å². The Hall–Kier alpha value is -2.10. The molecule has 0 spiro atoms. The van der Waals surface area contributed by atoms with Crippen LogP contribution in [0.4, 0.5) is 5.69 Å². The highest BCUT2D eigenvalue weighted by atomic mass is 16.4. The summed E-state index contributed by atoms with van der Waals surface area (Å²) in [6.45, 7) is 6.21. The van der Waals surface area contributed by atoms with E-state index in [2.05, 4.69) is 31.1 Å². The molecule has 0 unspecified atom stereocenters. The lowest BCUT2D eigenvalue weighted by molar-refractivity contribution is -0.136. The summed E-state index contributed by atoms with van der Waals surface area (Å²) in [5.41, 5.74) is 2.21. The van der Waals surface area contributed by atoms with E-state index in [1.165, 1.54) is 0 Å². The van der Waals surface area contributed by atoms with Crippen molar-refractivity contribution in [2.45, 2.75) is 32.7 Å². The van der Waals surface area contributed by atoms with Crippen molar-refractivity contribution in [1.82, 2.24) is 4.98 Å². The molecule has 100 valence electrons. The summed E-state index contributed by atoms with van der Waals surface area (Å²) in [4.78, 5) is 15.2. The van der Waals surface area contributed by atoms with E-state index in [-0.39, 0.29) is 12.0 Å². The Morgan fingerprint density at radius 3 is 2.63 bits per heavy atom. The monoisotopic (exact) mass is 258 g/mol. The molecule has 2 aromatic rings. The van der Waals surface area contributed by atoms with Crippen molar-refractivity contribution in [3.8, 4) is 0 Å². The van der Waals surface area contributed by atoms with Crippen LogP contribution in [0.2, 0.25) is 0 Å². The molecule has 0 amide bonds. The van der Waals surface area contributed by atoms with Crippen LogP contribution in [0.3, 0.4) is 0 Å². The molecule has 0 atom stereocenters. The molecule has 0 aliphatic carbocycles. The molecule has 0 saturated carbocycles. The summed E-state index contributed by atoms with van der Waals surface area (Å²) in [5, 5.41) is 13.3. The van der Waals surface area contributed by atoms with Crippen LogP contribution in [0.1, 0.15) is 26.5 Å². The first-order valence-electron chi connectivity index (χ1n) is 6.24. The van der Waals surface area contributed by atoms with Gasteiger partial charge in [0.15, 0.2) is 0 Å². The first-order chi connectivity index (χ1) is 8.85. The number of aliphatic carboxylic acids is 1. The van der Waals surface area contributed by atoms with Crippen LogP contribution in [0.25, 0.3) is 10.9 Å². The lowest BCUT2D eigenvalue weighted by Crippen LogP contribution is -2.26. The van der Waals surface area contributed by atoms with Gasteiger partial charge in [-0.1, -0.05) is 18.2 Å². The highest BCUT2D eigenvalue weighted by molar-refractivity contribution is 5.92. The van der Waals surface area contributed by atoms with Gasteiger partial charge < -0.3 is 10.4 Å². The zero-order valence-corrected chi connectivity index (χ0v) is 11.4. The van der Waals surface area contributed by atoms with Gasteiger partial charge in [-0.15, -0.1) is 0 Å². The van der Waals surface area contributed by atoms with Crippen molar-refractivity contribution in [3.63, 3.8) is 0 Å². The number of hydrogen-bond acceptors (Lipinski definition) is 3. The third kappa shape index (κ3) is 3.44. The molecule has 4 nitrogen and oxygen atoms in total. The number of carbonyl (C=O) groups is 1. The number of nitrogens with zero attached hydrogens (tertiary/aromatic N) is 1. The van der Waals surface area contributed by atoms with E-state index >= 15 is 0 Å². The molecular weight excluding hydrogens is 240 g/mol. The number of benzene rings is 1. The van der Waals surface area contributed by atoms with Gasteiger partial charge in [-0.2, -0.15) is 0 Å². The third-order valence-electron chi connectivity index (χ3n) is 2.61. The summed E-state index contributed by atoms with van der Waals surface area (Å²) in [7, 11) is 0. The second kappa shape index (κ2) is 4.88. The quantitative estimate of drug-likeness (QED) is 0.888. The molecule has 1 aromatic heterocycles. The van der Waals surface area contributed by atoms with Gasteiger partial charge in [-0.05, 0) is 32.9 Å². The topological polar surface area (TPSA) is 62.2 Å². The number of hydrogen-bond donors (Lipinski definition) is 2. The van der Waals surface area contributed by atoms with E-state index in [1.54, 1.807) is 0 Å². The average Bonchev–Trinajstić information content (AvgIpc) is 2.26. The lowest BCUT2D eigenvalue weighted by Gasteiger charge is -2.23. The van der Waals surface area contributed by atoms with E-state index in [0.29, 0.717) is 5.69 Å². The van der Waals surface area contributed by atoms with Crippen LogP contribution < -0.4 is 5.32 Å². The van der Waals surface area contributed by atoms with Gasteiger partial charge in [0.1, 0.15) is 0 Å². The van der Waals surface area contributed by atoms with E-state index in [1.807, 2.05) is 30.3 Å². The molecule has 2 N–H and O–H groups in total. The van der Waals surface area contributed by atoms with Crippen molar-refractivity contribution in [2.75, 3.05) is 5.32 Å². The number of pyridine rings is 1. The molecule has 0 saturated heterocycles. The van der Waals surface area contributed by atoms with Gasteiger partial charge in [0, 0.05) is 16.6 Å². The minimum absolute atomic E-state index is 0.0658. The third-order valence-corrected chi connectivity index (χ3v) is 2.61. The number of carboxylic acids is 1. The second-order valence-electron chi connectivity index (χ2n) is 5.62. The predicted octanol–water partition coefficient (Wildman–Crippen LogP) is 3.07. The average molecular weight is 258 g/mol. The number of anilines is 1. The predicted molar refractivity (Wildman–Crippen MR) is 76.5 cm³/mol. The number of nitrogens with one attached hydrogen (secondary N) is 1. The molecule has 1 aromatic carbocycles. The maximum absolute atomic E-state index is 10.8. The number of carboxylic acid groups (broad SMARTS) is 1. The van der Waals surface area contributed by atoms with Crippen LogP contribution in [-0.4, -0.2) is 21.6 Å². The Morgan fingerprint density at radius 2 is 2.00 bits per heavy atom.